The first kappa shape index (κ1) is 39.3. The standard InChI is InChI=1S/C65H47N/c1-44-58(18-9-19-59(44)54-28-25-45-11-2-3-14-53(45)43-54)50-31-38-56(39-32-50)66(57-40-33-52(34-41-57)63-21-10-22-64-62-17-7-5-13-49(62)35-42-65(63)64)55-36-29-47(30-37-55)46-23-26-51(27-24-46)61-20-8-15-48-12-4-6-16-60(48)61/h2-44,58H,1H3. The molecule has 11 aromatic carbocycles. The van der Waals surface area contributed by atoms with Crippen LogP contribution in [0.2, 0.25) is 0 Å². The second-order valence-corrected chi connectivity index (χ2v) is 17.7. The second-order valence-electron chi connectivity index (χ2n) is 17.7. The molecule has 0 radical (unpaired) electrons. The highest BCUT2D eigenvalue weighted by atomic mass is 15.1. The number of benzene rings is 11. The van der Waals surface area contributed by atoms with Gasteiger partial charge in [0.25, 0.3) is 0 Å². The average molecular weight is 842 g/mol. The van der Waals surface area contributed by atoms with Crippen molar-refractivity contribution in [3.05, 3.63) is 266 Å². The van der Waals surface area contributed by atoms with Gasteiger partial charge in [0, 0.05) is 23.0 Å². The SMILES string of the molecule is CC1C(c2ccc3ccccc3c2)=CC=CC1c1ccc(N(c2ccc(-c3ccc(-c4cccc5ccccc45)cc3)cc2)c2ccc(-c3cccc4c3ccc3ccccc34)cc2)cc1. The van der Waals surface area contributed by atoms with Crippen LogP contribution in [0.4, 0.5) is 17.1 Å². The van der Waals surface area contributed by atoms with Crippen LogP contribution in [0.15, 0.2) is 255 Å². The predicted octanol–water partition coefficient (Wildman–Crippen LogP) is 18.1. The third kappa shape index (κ3) is 7.16. The number of anilines is 3. The zero-order valence-electron chi connectivity index (χ0n) is 36.9. The van der Waals surface area contributed by atoms with Crippen molar-refractivity contribution in [2.24, 2.45) is 5.92 Å². The molecular formula is C65H47N. The minimum Gasteiger partial charge on any atom is -0.311 e. The molecular weight excluding hydrogens is 795 g/mol. The quantitative estimate of drug-likeness (QED) is 0.138. The smallest absolute Gasteiger partial charge is 0.0462 e. The number of allylic oxidation sites excluding steroid dienone is 4. The van der Waals surface area contributed by atoms with E-state index in [0.29, 0.717) is 5.92 Å². The van der Waals surface area contributed by atoms with E-state index in [2.05, 4.69) is 267 Å². The van der Waals surface area contributed by atoms with Crippen LogP contribution >= 0.6 is 0 Å². The van der Waals surface area contributed by atoms with Crippen LogP contribution in [-0.4, -0.2) is 0 Å². The number of rotatable bonds is 8. The molecule has 0 bridgehead atoms. The zero-order valence-corrected chi connectivity index (χ0v) is 36.9. The van der Waals surface area contributed by atoms with Crippen molar-refractivity contribution in [2.45, 2.75) is 12.8 Å². The van der Waals surface area contributed by atoms with E-state index in [4.69, 9.17) is 0 Å². The fourth-order valence-electron chi connectivity index (χ4n) is 10.4. The van der Waals surface area contributed by atoms with Crippen molar-refractivity contribution >= 4 is 65.7 Å². The van der Waals surface area contributed by atoms with Crippen LogP contribution in [0.3, 0.4) is 0 Å². The largest absolute Gasteiger partial charge is 0.311 e. The van der Waals surface area contributed by atoms with Gasteiger partial charge in [-0.1, -0.05) is 219 Å². The topological polar surface area (TPSA) is 3.24 Å². The Kier molecular flexibility index (Phi) is 9.95. The van der Waals surface area contributed by atoms with Gasteiger partial charge in [-0.15, -0.1) is 0 Å². The van der Waals surface area contributed by atoms with Crippen LogP contribution in [0.25, 0.3) is 82.0 Å². The van der Waals surface area contributed by atoms with Crippen LogP contribution < -0.4 is 4.90 Å². The first-order valence-electron chi connectivity index (χ1n) is 23.1. The van der Waals surface area contributed by atoms with Gasteiger partial charge in [-0.2, -0.15) is 0 Å². The maximum atomic E-state index is 2.39. The third-order valence-electron chi connectivity index (χ3n) is 13.9. The monoisotopic (exact) mass is 841 g/mol. The molecule has 66 heavy (non-hydrogen) atoms. The summed E-state index contributed by atoms with van der Waals surface area (Å²) in [6, 6.07) is 86.9. The fourth-order valence-corrected chi connectivity index (χ4v) is 10.4. The van der Waals surface area contributed by atoms with Gasteiger partial charge in [0.05, 0.1) is 0 Å². The minimum atomic E-state index is 0.266. The molecule has 0 spiro atoms. The molecule has 0 N–H and O–H groups in total. The lowest BCUT2D eigenvalue weighted by Gasteiger charge is -2.29. The number of nitrogens with zero attached hydrogens (tertiary/aromatic N) is 1. The average Bonchev–Trinajstić information content (AvgIpc) is 3.39. The van der Waals surface area contributed by atoms with Gasteiger partial charge in [-0.25, -0.2) is 0 Å². The molecule has 12 rings (SSSR count). The molecule has 2 unspecified atom stereocenters. The van der Waals surface area contributed by atoms with E-state index in [-0.39, 0.29) is 5.92 Å². The Bertz CT molecular complexity index is 3630. The maximum Gasteiger partial charge on any atom is 0.0462 e. The molecule has 0 aliphatic heterocycles. The summed E-state index contributed by atoms with van der Waals surface area (Å²) in [6.45, 7) is 2.37. The van der Waals surface area contributed by atoms with Gasteiger partial charge in [-0.3, -0.25) is 0 Å². The van der Waals surface area contributed by atoms with E-state index in [9.17, 15) is 0 Å². The molecule has 0 saturated carbocycles. The summed E-state index contributed by atoms with van der Waals surface area (Å²) in [5.41, 5.74) is 14.6. The molecule has 11 aromatic rings. The van der Waals surface area contributed by atoms with Crippen molar-refractivity contribution in [1.82, 2.24) is 0 Å². The van der Waals surface area contributed by atoms with Gasteiger partial charge in [0.2, 0.25) is 0 Å². The lowest BCUT2D eigenvalue weighted by molar-refractivity contribution is 0.653. The Morgan fingerprint density at radius 2 is 0.803 bits per heavy atom. The van der Waals surface area contributed by atoms with Gasteiger partial charge in [-0.05, 0) is 142 Å². The van der Waals surface area contributed by atoms with Crippen molar-refractivity contribution in [1.29, 1.82) is 0 Å². The Hall–Kier alpha value is -8.26. The van der Waals surface area contributed by atoms with Crippen LogP contribution in [0, 0.1) is 5.92 Å². The van der Waals surface area contributed by atoms with Crippen molar-refractivity contribution in [3.63, 3.8) is 0 Å². The van der Waals surface area contributed by atoms with Crippen LogP contribution in [-0.2, 0) is 0 Å². The number of fused-ring (bicyclic) bond motifs is 5. The third-order valence-corrected chi connectivity index (χ3v) is 13.9. The normalized spacial score (nSPS) is 14.8. The number of hydrogen-bond donors (Lipinski definition) is 0. The molecule has 312 valence electrons. The van der Waals surface area contributed by atoms with Crippen LogP contribution in [0.5, 0.6) is 0 Å². The Labute approximate surface area is 386 Å². The molecule has 1 nitrogen and oxygen atoms in total. The van der Waals surface area contributed by atoms with E-state index in [1.807, 2.05) is 0 Å². The highest BCUT2D eigenvalue weighted by Gasteiger charge is 2.24. The molecule has 0 saturated heterocycles. The first-order valence-corrected chi connectivity index (χ1v) is 23.1. The summed E-state index contributed by atoms with van der Waals surface area (Å²) in [6.07, 6.45) is 6.91. The highest BCUT2D eigenvalue weighted by molar-refractivity contribution is 6.12. The van der Waals surface area contributed by atoms with Crippen molar-refractivity contribution < 1.29 is 0 Å². The molecule has 1 heteroatoms. The fraction of sp³-hybridized carbons (Fsp3) is 0.0462. The Morgan fingerprint density at radius 3 is 1.50 bits per heavy atom. The summed E-state index contributed by atoms with van der Waals surface area (Å²) >= 11 is 0. The highest BCUT2D eigenvalue weighted by Crippen LogP contribution is 2.43. The van der Waals surface area contributed by atoms with Gasteiger partial charge < -0.3 is 4.90 Å². The van der Waals surface area contributed by atoms with Crippen molar-refractivity contribution in [2.75, 3.05) is 4.90 Å². The predicted molar refractivity (Wildman–Crippen MR) is 283 cm³/mol. The Morgan fingerprint density at radius 1 is 0.333 bits per heavy atom. The van der Waals surface area contributed by atoms with E-state index < -0.39 is 0 Å². The van der Waals surface area contributed by atoms with Gasteiger partial charge in [0.15, 0.2) is 0 Å². The van der Waals surface area contributed by atoms with E-state index in [1.54, 1.807) is 0 Å². The van der Waals surface area contributed by atoms with E-state index in [1.165, 1.54) is 93.2 Å². The van der Waals surface area contributed by atoms with E-state index >= 15 is 0 Å². The minimum absolute atomic E-state index is 0.266. The number of hydrogen-bond acceptors (Lipinski definition) is 1. The second kappa shape index (κ2) is 16.7. The van der Waals surface area contributed by atoms with E-state index in [0.717, 1.165) is 17.1 Å². The molecule has 2 atom stereocenters. The summed E-state index contributed by atoms with van der Waals surface area (Å²) < 4.78 is 0. The molecule has 0 fully saturated rings. The van der Waals surface area contributed by atoms with Gasteiger partial charge >= 0.3 is 0 Å². The molecule has 0 amide bonds. The summed E-state index contributed by atoms with van der Waals surface area (Å²) in [4.78, 5) is 2.39. The van der Waals surface area contributed by atoms with Crippen LogP contribution in [0.1, 0.15) is 24.0 Å². The Balaban J connectivity index is 0.877. The molecule has 0 aromatic heterocycles. The summed E-state index contributed by atoms with van der Waals surface area (Å²) in [5.74, 6) is 0.591. The molecule has 0 heterocycles. The summed E-state index contributed by atoms with van der Waals surface area (Å²) in [5, 5.41) is 10.2. The molecule has 1 aliphatic carbocycles. The lowest BCUT2D eigenvalue weighted by atomic mass is 9.77. The van der Waals surface area contributed by atoms with Crippen molar-refractivity contribution in [3.8, 4) is 33.4 Å². The molecule has 1 aliphatic rings. The maximum absolute atomic E-state index is 2.39. The first-order chi connectivity index (χ1) is 32.6. The zero-order chi connectivity index (χ0) is 44.0. The van der Waals surface area contributed by atoms with Gasteiger partial charge in [0.1, 0.15) is 0 Å². The summed E-state index contributed by atoms with van der Waals surface area (Å²) in [7, 11) is 0. The lowest BCUT2D eigenvalue weighted by Crippen LogP contribution is -2.13.